The molecule has 13 heavy (non-hydrogen) atoms. The minimum absolute atomic E-state index is 0.0713. The number of rotatable bonds is 2. The molecule has 0 amide bonds. The van der Waals surface area contributed by atoms with Crippen molar-refractivity contribution in [1.29, 1.82) is 0 Å². The highest BCUT2D eigenvalue weighted by Gasteiger charge is 2.08. The summed E-state index contributed by atoms with van der Waals surface area (Å²) in [7, 11) is 3.75. The third-order valence-electron chi connectivity index (χ3n) is 1.96. The van der Waals surface area contributed by atoms with Crippen LogP contribution in [0.3, 0.4) is 0 Å². The van der Waals surface area contributed by atoms with E-state index in [0.717, 1.165) is 11.3 Å². The second-order valence-corrected chi connectivity index (χ2v) is 3.39. The van der Waals surface area contributed by atoms with Crippen molar-refractivity contribution in [3.8, 4) is 0 Å². The summed E-state index contributed by atoms with van der Waals surface area (Å²) in [6.45, 7) is 1.89. The Morgan fingerprint density at radius 3 is 2.46 bits per heavy atom. The van der Waals surface area contributed by atoms with E-state index in [1.54, 1.807) is 6.07 Å². The van der Waals surface area contributed by atoms with Gasteiger partial charge in [0, 0.05) is 25.8 Å². The van der Waals surface area contributed by atoms with Gasteiger partial charge in [-0.3, -0.25) is 0 Å². The zero-order valence-electron chi connectivity index (χ0n) is 8.21. The first-order valence-electron chi connectivity index (χ1n) is 4.24. The second-order valence-electron chi connectivity index (χ2n) is 3.39. The minimum Gasteiger partial charge on any atom is -0.377 e. The van der Waals surface area contributed by atoms with Crippen LogP contribution in [0.15, 0.2) is 18.2 Å². The molecular formula is C10H15FN2. The van der Waals surface area contributed by atoms with Crippen LogP contribution in [0.2, 0.25) is 0 Å². The van der Waals surface area contributed by atoms with Gasteiger partial charge in [-0.2, -0.15) is 0 Å². The molecule has 0 aromatic heterocycles. The Labute approximate surface area is 78.2 Å². The van der Waals surface area contributed by atoms with Crippen molar-refractivity contribution in [3.05, 3.63) is 29.6 Å². The third kappa shape index (κ3) is 2.18. The molecule has 0 aliphatic heterocycles. The highest BCUT2D eigenvalue weighted by atomic mass is 19.1. The van der Waals surface area contributed by atoms with E-state index in [2.05, 4.69) is 0 Å². The summed E-state index contributed by atoms with van der Waals surface area (Å²) in [5.41, 5.74) is 7.56. The average molecular weight is 182 g/mol. The molecule has 1 rings (SSSR count). The normalized spacial score (nSPS) is 12.7. The van der Waals surface area contributed by atoms with Crippen LogP contribution in [0, 0.1) is 5.82 Å². The van der Waals surface area contributed by atoms with Crippen molar-refractivity contribution in [1.82, 2.24) is 0 Å². The molecule has 0 fully saturated rings. The molecule has 72 valence electrons. The first-order chi connectivity index (χ1) is 6.02. The van der Waals surface area contributed by atoms with E-state index < -0.39 is 0 Å². The van der Waals surface area contributed by atoms with E-state index >= 15 is 0 Å². The standard InChI is InChI=1S/C10H15FN2/c1-7(12)9-5-4-8(11)6-10(9)13(2)3/h4-7H,12H2,1-3H3/t7-/m1/s1. The number of nitrogens with zero attached hydrogens (tertiary/aromatic N) is 1. The molecule has 2 nitrogen and oxygen atoms in total. The lowest BCUT2D eigenvalue weighted by Gasteiger charge is -2.19. The molecule has 0 radical (unpaired) electrons. The fourth-order valence-corrected chi connectivity index (χ4v) is 1.29. The first kappa shape index (κ1) is 9.99. The Bertz CT molecular complexity index is 295. The maximum atomic E-state index is 12.9. The van der Waals surface area contributed by atoms with Gasteiger partial charge in [0.25, 0.3) is 0 Å². The van der Waals surface area contributed by atoms with Crippen molar-refractivity contribution in [3.63, 3.8) is 0 Å². The molecule has 2 N–H and O–H groups in total. The Kier molecular flexibility index (Phi) is 2.88. The van der Waals surface area contributed by atoms with Crippen molar-refractivity contribution >= 4 is 5.69 Å². The van der Waals surface area contributed by atoms with Crippen LogP contribution in [0.4, 0.5) is 10.1 Å². The number of benzene rings is 1. The fraction of sp³-hybridized carbons (Fsp3) is 0.400. The van der Waals surface area contributed by atoms with E-state index in [1.165, 1.54) is 12.1 Å². The van der Waals surface area contributed by atoms with E-state index in [9.17, 15) is 4.39 Å². The van der Waals surface area contributed by atoms with Crippen molar-refractivity contribution in [2.24, 2.45) is 5.73 Å². The van der Waals surface area contributed by atoms with Gasteiger partial charge in [0.2, 0.25) is 0 Å². The zero-order valence-corrected chi connectivity index (χ0v) is 8.21. The van der Waals surface area contributed by atoms with Crippen LogP contribution in [0.5, 0.6) is 0 Å². The van der Waals surface area contributed by atoms with E-state index in [4.69, 9.17) is 5.73 Å². The first-order valence-corrected chi connectivity index (χ1v) is 4.24. The van der Waals surface area contributed by atoms with Crippen LogP contribution < -0.4 is 10.6 Å². The summed E-state index contributed by atoms with van der Waals surface area (Å²) in [6, 6.07) is 4.60. The van der Waals surface area contributed by atoms with E-state index in [-0.39, 0.29) is 11.9 Å². The molecule has 1 aromatic rings. The number of anilines is 1. The zero-order chi connectivity index (χ0) is 10.0. The Hall–Kier alpha value is -1.09. The molecule has 0 spiro atoms. The average Bonchev–Trinajstić information content (AvgIpc) is 2.03. The van der Waals surface area contributed by atoms with Crippen molar-refractivity contribution in [2.45, 2.75) is 13.0 Å². The van der Waals surface area contributed by atoms with Gasteiger partial charge < -0.3 is 10.6 Å². The monoisotopic (exact) mass is 182 g/mol. The molecule has 0 unspecified atom stereocenters. The van der Waals surface area contributed by atoms with Crippen molar-refractivity contribution in [2.75, 3.05) is 19.0 Å². The highest BCUT2D eigenvalue weighted by molar-refractivity contribution is 5.53. The van der Waals surface area contributed by atoms with Gasteiger partial charge in [-0.25, -0.2) is 4.39 Å². The summed E-state index contributed by atoms with van der Waals surface area (Å²) in [5.74, 6) is -0.229. The molecule has 0 aliphatic carbocycles. The van der Waals surface area contributed by atoms with Gasteiger partial charge >= 0.3 is 0 Å². The predicted molar refractivity (Wildman–Crippen MR) is 53.3 cm³/mol. The molecule has 1 aromatic carbocycles. The lowest BCUT2D eigenvalue weighted by molar-refractivity contribution is 0.625. The van der Waals surface area contributed by atoms with Crippen LogP contribution in [0.1, 0.15) is 18.5 Å². The van der Waals surface area contributed by atoms with Crippen LogP contribution in [-0.4, -0.2) is 14.1 Å². The lowest BCUT2D eigenvalue weighted by atomic mass is 10.1. The van der Waals surface area contributed by atoms with Crippen LogP contribution >= 0.6 is 0 Å². The molecular weight excluding hydrogens is 167 g/mol. The smallest absolute Gasteiger partial charge is 0.125 e. The van der Waals surface area contributed by atoms with Crippen molar-refractivity contribution < 1.29 is 4.39 Å². The number of halogens is 1. The Morgan fingerprint density at radius 1 is 1.38 bits per heavy atom. The van der Waals surface area contributed by atoms with Gasteiger partial charge in [-0.15, -0.1) is 0 Å². The van der Waals surface area contributed by atoms with Gasteiger partial charge in [0.05, 0.1) is 0 Å². The SMILES string of the molecule is C[C@@H](N)c1ccc(F)cc1N(C)C. The molecule has 0 aliphatic rings. The molecule has 0 heterocycles. The van der Waals surface area contributed by atoms with Crippen LogP contribution in [0.25, 0.3) is 0 Å². The molecule has 1 atom stereocenters. The summed E-state index contributed by atoms with van der Waals surface area (Å²) in [6.07, 6.45) is 0. The topological polar surface area (TPSA) is 29.3 Å². The number of nitrogens with two attached hydrogens (primary N) is 1. The highest BCUT2D eigenvalue weighted by Crippen LogP contribution is 2.24. The van der Waals surface area contributed by atoms with Crippen LogP contribution in [-0.2, 0) is 0 Å². The molecule has 0 saturated carbocycles. The molecule has 0 saturated heterocycles. The van der Waals surface area contributed by atoms with Gasteiger partial charge in [-0.05, 0) is 24.6 Å². The quantitative estimate of drug-likeness (QED) is 0.757. The number of hydrogen-bond acceptors (Lipinski definition) is 2. The Morgan fingerprint density at radius 2 is 2.00 bits per heavy atom. The minimum atomic E-state index is -0.229. The summed E-state index contributed by atoms with van der Waals surface area (Å²) >= 11 is 0. The third-order valence-corrected chi connectivity index (χ3v) is 1.96. The maximum Gasteiger partial charge on any atom is 0.125 e. The maximum absolute atomic E-state index is 12.9. The molecule has 0 bridgehead atoms. The molecule has 3 heteroatoms. The van der Waals surface area contributed by atoms with E-state index in [0.29, 0.717) is 0 Å². The predicted octanol–water partition coefficient (Wildman–Crippen LogP) is 1.91. The van der Waals surface area contributed by atoms with Gasteiger partial charge in [0.1, 0.15) is 5.82 Å². The largest absolute Gasteiger partial charge is 0.377 e. The summed E-state index contributed by atoms with van der Waals surface area (Å²) < 4.78 is 12.9. The van der Waals surface area contributed by atoms with Gasteiger partial charge in [-0.1, -0.05) is 6.07 Å². The summed E-state index contributed by atoms with van der Waals surface area (Å²) in [4.78, 5) is 1.86. The Balaban J connectivity index is 3.19. The number of hydrogen-bond donors (Lipinski definition) is 1. The summed E-state index contributed by atoms with van der Waals surface area (Å²) in [5, 5.41) is 0. The fourth-order valence-electron chi connectivity index (χ4n) is 1.29. The lowest BCUT2D eigenvalue weighted by Crippen LogP contribution is -2.15. The van der Waals surface area contributed by atoms with E-state index in [1.807, 2.05) is 25.9 Å². The van der Waals surface area contributed by atoms with Gasteiger partial charge in [0.15, 0.2) is 0 Å². The second kappa shape index (κ2) is 3.75.